The molecule has 2 aromatic rings. The van der Waals surface area contributed by atoms with Crippen LogP contribution in [0.3, 0.4) is 0 Å². The van der Waals surface area contributed by atoms with Crippen molar-refractivity contribution in [2.45, 2.75) is 12.4 Å². The van der Waals surface area contributed by atoms with E-state index in [2.05, 4.69) is 21.7 Å². The van der Waals surface area contributed by atoms with Gasteiger partial charge in [0.1, 0.15) is 0 Å². The summed E-state index contributed by atoms with van der Waals surface area (Å²) in [6.07, 6.45) is 1.70. The highest BCUT2D eigenvalue weighted by Crippen LogP contribution is 2.21. The molecule has 1 aliphatic heterocycles. The lowest BCUT2D eigenvalue weighted by molar-refractivity contribution is 0.0926. The number of thiophene rings is 1. The molecule has 0 radical (unpaired) electrons. The zero-order valence-electron chi connectivity index (χ0n) is 15.0. The highest BCUT2D eigenvalue weighted by molar-refractivity contribution is 7.18. The molecule has 0 bridgehead atoms. The molecule has 0 spiro atoms. The fraction of sp³-hybridized carbons (Fsp3) is 0.278. The number of nitriles is 1. The minimum Gasteiger partial charge on any atom is -0.389 e. The quantitative estimate of drug-likeness (QED) is 0.603. The van der Waals surface area contributed by atoms with Gasteiger partial charge in [0.05, 0.1) is 21.0 Å². The van der Waals surface area contributed by atoms with Crippen LogP contribution < -0.4 is 15.6 Å². The Morgan fingerprint density at radius 2 is 2.14 bits per heavy atom. The summed E-state index contributed by atoms with van der Waals surface area (Å²) in [7, 11) is 0. The van der Waals surface area contributed by atoms with Gasteiger partial charge in [-0.15, -0.1) is 11.3 Å². The second-order valence-electron chi connectivity index (χ2n) is 6.31. The van der Waals surface area contributed by atoms with Crippen molar-refractivity contribution in [2.75, 3.05) is 30.0 Å². The molecule has 0 saturated carbocycles. The molecule has 1 aliphatic rings. The molecular formula is C18H19BClN5O2S. The van der Waals surface area contributed by atoms with Crippen LogP contribution in [-0.2, 0) is 0 Å². The number of rotatable bonds is 7. The second-order valence-corrected chi connectivity index (χ2v) is 8.02. The minimum absolute atomic E-state index is 0.115. The number of hydrogen-bond donors (Lipinski definition) is 3. The van der Waals surface area contributed by atoms with Gasteiger partial charge in [0.25, 0.3) is 5.91 Å². The van der Waals surface area contributed by atoms with Crippen LogP contribution in [0.2, 0.25) is 10.7 Å². The van der Waals surface area contributed by atoms with Gasteiger partial charge in [-0.05, 0) is 42.7 Å². The lowest BCUT2D eigenvalue weighted by Gasteiger charge is -2.23. The number of hydrazone groups is 1. The van der Waals surface area contributed by atoms with E-state index in [1.165, 1.54) is 11.3 Å². The van der Waals surface area contributed by atoms with Gasteiger partial charge in [-0.1, -0.05) is 11.6 Å². The largest absolute Gasteiger partial charge is 0.389 e. The Kier molecular flexibility index (Phi) is 6.93. The number of anilines is 2. The van der Waals surface area contributed by atoms with Crippen molar-refractivity contribution in [3.8, 4) is 5.97 Å². The molecule has 1 aromatic carbocycles. The van der Waals surface area contributed by atoms with Crippen LogP contribution in [0.25, 0.3) is 0 Å². The topological polar surface area (TPSA) is 101 Å². The summed E-state index contributed by atoms with van der Waals surface area (Å²) < 4.78 is 0.552. The van der Waals surface area contributed by atoms with E-state index < -0.39 is 6.10 Å². The number of carbonyl (C=O) groups is 1. The van der Waals surface area contributed by atoms with Crippen LogP contribution in [0.4, 0.5) is 11.4 Å². The lowest BCUT2D eigenvalue weighted by Crippen LogP contribution is -2.35. The van der Waals surface area contributed by atoms with Gasteiger partial charge in [0.2, 0.25) is 0 Å². The number of hydrogen-bond acceptors (Lipinski definition) is 7. The zero-order valence-corrected chi connectivity index (χ0v) is 16.6. The maximum absolute atomic E-state index is 11.9. The van der Waals surface area contributed by atoms with Crippen molar-refractivity contribution in [3.63, 3.8) is 0 Å². The first kappa shape index (κ1) is 20.2. The first-order chi connectivity index (χ1) is 13.5. The molecule has 2 heterocycles. The van der Waals surface area contributed by atoms with Crippen LogP contribution >= 0.6 is 22.9 Å². The van der Waals surface area contributed by atoms with E-state index in [9.17, 15) is 9.90 Å². The van der Waals surface area contributed by atoms with Crippen LogP contribution in [-0.4, -0.2) is 49.6 Å². The van der Waals surface area contributed by atoms with E-state index >= 15 is 0 Å². The zero-order chi connectivity index (χ0) is 19.9. The number of nitrogens with zero attached hydrogens (tertiary/aromatic N) is 3. The Morgan fingerprint density at radius 3 is 2.75 bits per heavy atom. The summed E-state index contributed by atoms with van der Waals surface area (Å²) in [6.45, 7) is 1.03. The molecule has 1 amide bonds. The normalized spacial score (nSPS) is 14.5. The van der Waals surface area contributed by atoms with E-state index in [1.54, 1.807) is 18.2 Å². The molecule has 1 unspecified atom stereocenters. The summed E-state index contributed by atoms with van der Waals surface area (Å²) in [6, 6.07) is 11.0. The summed E-state index contributed by atoms with van der Waals surface area (Å²) in [5.74, 6) is 1.95. The maximum Gasteiger partial charge on any atom is 0.316 e. The average molecular weight is 416 g/mol. The van der Waals surface area contributed by atoms with Crippen LogP contribution in [0.15, 0.2) is 41.5 Å². The molecule has 3 rings (SSSR count). The molecule has 0 fully saturated rings. The van der Waals surface area contributed by atoms with E-state index in [4.69, 9.17) is 16.9 Å². The molecule has 3 N–H and O–H groups in total. The molecule has 7 nitrogen and oxygen atoms in total. The Morgan fingerprint density at radius 1 is 1.36 bits per heavy atom. The van der Waals surface area contributed by atoms with Crippen molar-refractivity contribution < 1.29 is 9.90 Å². The predicted octanol–water partition coefficient (Wildman–Crippen LogP) is 2.51. The second kappa shape index (κ2) is 9.60. The van der Waals surface area contributed by atoms with Gasteiger partial charge >= 0.3 is 6.71 Å². The monoisotopic (exact) mass is 415 g/mol. The number of halogens is 1. The SMILES string of the molecule is N#CB1C=NN(c2ccc(NCC(O)CNC(=O)c3ccc(Cl)s3)cc2)CC1. The molecular weight excluding hydrogens is 397 g/mol. The van der Waals surface area contributed by atoms with E-state index in [1.807, 2.05) is 29.3 Å². The number of aliphatic hydroxyl groups is 1. The third kappa shape index (κ3) is 5.49. The first-order valence-electron chi connectivity index (χ1n) is 8.82. The molecule has 0 saturated heterocycles. The first-order valence-corrected chi connectivity index (χ1v) is 10.0. The number of carbonyl (C=O) groups excluding carboxylic acids is 1. The standard InChI is InChI=1S/C18H19BClN5O2S/c20-17-6-5-16(28-17)18(27)23-10-15(26)9-22-13-1-3-14(4-2-13)25-8-7-19(11-21)12-24-25/h1-6,12,15,22,26H,7-10H2,(H,23,27). The molecule has 1 atom stereocenters. The van der Waals surface area contributed by atoms with Crippen molar-refractivity contribution in [3.05, 3.63) is 45.6 Å². The predicted molar refractivity (Wildman–Crippen MR) is 115 cm³/mol. The molecule has 144 valence electrons. The van der Waals surface area contributed by atoms with Gasteiger partial charge in [-0.2, -0.15) is 5.10 Å². The Labute approximate surface area is 172 Å². The number of benzene rings is 1. The van der Waals surface area contributed by atoms with Crippen molar-refractivity contribution >= 4 is 53.0 Å². The molecule has 10 heteroatoms. The number of amides is 1. The molecule has 0 aliphatic carbocycles. The van der Waals surface area contributed by atoms with Crippen LogP contribution in [0.5, 0.6) is 0 Å². The smallest absolute Gasteiger partial charge is 0.316 e. The maximum atomic E-state index is 11.9. The van der Waals surface area contributed by atoms with Gasteiger partial charge in [-0.3, -0.25) is 9.80 Å². The Balaban J connectivity index is 1.43. The van der Waals surface area contributed by atoms with Crippen LogP contribution in [0, 0.1) is 11.2 Å². The van der Waals surface area contributed by atoms with Gasteiger partial charge < -0.3 is 15.7 Å². The minimum atomic E-state index is -0.728. The van der Waals surface area contributed by atoms with Gasteiger partial charge in [-0.25, -0.2) is 5.26 Å². The highest BCUT2D eigenvalue weighted by atomic mass is 35.5. The van der Waals surface area contributed by atoms with Crippen LogP contribution in [0.1, 0.15) is 9.67 Å². The van der Waals surface area contributed by atoms with Crippen molar-refractivity contribution in [2.24, 2.45) is 5.10 Å². The van der Waals surface area contributed by atoms with E-state index in [0.717, 1.165) is 17.7 Å². The third-order valence-corrected chi connectivity index (χ3v) is 5.44. The lowest BCUT2D eigenvalue weighted by atomic mass is 9.50. The highest BCUT2D eigenvalue weighted by Gasteiger charge is 2.19. The summed E-state index contributed by atoms with van der Waals surface area (Å²) in [4.78, 5) is 12.5. The fourth-order valence-corrected chi connectivity index (χ4v) is 3.60. The number of aliphatic hydroxyl groups excluding tert-OH is 1. The van der Waals surface area contributed by atoms with E-state index in [-0.39, 0.29) is 19.2 Å². The van der Waals surface area contributed by atoms with Gasteiger partial charge in [0.15, 0.2) is 0 Å². The third-order valence-electron chi connectivity index (χ3n) is 4.21. The summed E-state index contributed by atoms with van der Waals surface area (Å²) >= 11 is 7.01. The summed E-state index contributed by atoms with van der Waals surface area (Å²) in [5.41, 5.74) is 1.80. The Bertz CT molecular complexity index is 883. The average Bonchev–Trinajstić information content (AvgIpc) is 3.17. The fourth-order valence-electron chi connectivity index (χ4n) is 2.64. The van der Waals surface area contributed by atoms with Crippen molar-refractivity contribution in [1.29, 1.82) is 5.26 Å². The number of nitrogens with one attached hydrogen (secondary N) is 2. The molecule has 28 heavy (non-hydrogen) atoms. The van der Waals surface area contributed by atoms with Crippen molar-refractivity contribution in [1.82, 2.24) is 5.32 Å². The molecule has 1 aromatic heterocycles. The van der Waals surface area contributed by atoms with Gasteiger partial charge in [0, 0.05) is 37.4 Å². The van der Waals surface area contributed by atoms with E-state index in [0.29, 0.717) is 22.3 Å². The Hall–Kier alpha value is -2.54. The summed E-state index contributed by atoms with van der Waals surface area (Å²) in [5, 5.41) is 30.9.